The molecule has 0 aromatic heterocycles. The highest BCUT2D eigenvalue weighted by atomic mass is 28.4. The van der Waals surface area contributed by atoms with Crippen LogP contribution in [0.15, 0.2) is 23.8 Å². The summed E-state index contributed by atoms with van der Waals surface area (Å²) in [6, 6.07) is 0. The average Bonchev–Trinajstić information content (AvgIpc) is 3.32. The van der Waals surface area contributed by atoms with Crippen molar-refractivity contribution in [2.24, 2.45) is 35.0 Å². The van der Waals surface area contributed by atoms with Gasteiger partial charge in [-0.2, -0.15) is 0 Å². The van der Waals surface area contributed by atoms with E-state index in [0.717, 1.165) is 83.7 Å². The van der Waals surface area contributed by atoms with Crippen molar-refractivity contribution in [1.29, 1.82) is 0 Å². The Kier molecular flexibility index (Phi) is 25.5. The number of aldehydes is 1. The predicted octanol–water partition coefficient (Wildman–Crippen LogP) is 14.6. The third kappa shape index (κ3) is 18.9. The van der Waals surface area contributed by atoms with Crippen molar-refractivity contribution >= 4 is 40.8 Å². The van der Waals surface area contributed by atoms with E-state index in [-0.39, 0.29) is 60.5 Å². The number of unbranched alkanes of at least 4 members (excludes halogenated alkanes) is 4. The molecule has 2 aliphatic heterocycles. The largest absolute Gasteiger partial charge is 0.466 e. The van der Waals surface area contributed by atoms with Crippen LogP contribution in [0.5, 0.6) is 0 Å². The highest BCUT2D eigenvalue weighted by molar-refractivity contribution is 6.74. The Balaban J connectivity index is 1.65. The van der Waals surface area contributed by atoms with Gasteiger partial charge in [0, 0.05) is 43.8 Å². The minimum atomic E-state index is -2.38. The van der Waals surface area contributed by atoms with Crippen LogP contribution in [0.1, 0.15) is 205 Å². The van der Waals surface area contributed by atoms with Gasteiger partial charge in [-0.3, -0.25) is 14.4 Å². The zero-order chi connectivity index (χ0) is 57.6. The number of allylic oxidation sites excluding steroid dienone is 1. The molecular weight excluding hydrogens is 1010 g/mol. The summed E-state index contributed by atoms with van der Waals surface area (Å²) in [5, 5.41) is -0.211. The number of esters is 3. The maximum Gasteiger partial charge on any atom is 0.330 e. The SMILES string of the molecule is CCCCCCCC(=O)O[C@H]1/C(=C/C(=O)OC)C[C@@H](C[C@H](CO[Si](C)(C)C(C)(C)C)OC(=O)C[C@H](C[C@@H]2CCC[C@H](C[C@@H]3CCOC4(C[C@H](C)CC[C@H]4C(C)C)O3)C2)O[Si](C)(C)C(C)(C)C)O[C@@]1(OC)C(C)(C)/C=C/C=O. The Morgan fingerprint density at radius 1 is 0.805 bits per heavy atom. The zero-order valence-corrected chi connectivity index (χ0v) is 53.7. The number of hydrogen-bond acceptors (Lipinski definition) is 13. The summed E-state index contributed by atoms with van der Waals surface area (Å²) in [5.74, 6) is -1.27. The summed E-state index contributed by atoms with van der Waals surface area (Å²) in [5.41, 5.74) is -0.679. The van der Waals surface area contributed by atoms with E-state index in [1.165, 1.54) is 39.2 Å². The fourth-order valence-corrected chi connectivity index (χ4v) is 14.6. The van der Waals surface area contributed by atoms with Gasteiger partial charge < -0.3 is 42.0 Å². The van der Waals surface area contributed by atoms with Crippen molar-refractivity contribution in [3.63, 3.8) is 0 Å². The van der Waals surface area contributed by atoms with Gasteiger partial charge in [0.05, 0.1) is 45.1 Å². The molecule has 2 heterocycles. The zero-order valence-electron chi connectivity index (χ0n) is 51.7. The van der Waals surface area contributed by atoms with E-state index >= 15 is 0 Å². The van der Waals surface area contributed by atoms with E-state index in [4.69, 9.17) is 42.0 Å². The first kappa shape index (κ1) is 67.3. The number of rotatable bonds is 27. The van der Waals surface area contributed by atoms with Crippen molar-refractivity contribution in [2.45, 2.75) is 283 Å². The number of hydrogen-bond donors (Lipinski definition) is 0. The monoisotopic (exact) mass is 1120 g/mol. The van der Waals surface area contributed by atoms with Crippen molar-refractivity contribution in [1.82, 2.24) is 0 Å². The Morgan fingerprint density at radius 3 is 2.10 bits per heavy atom. The van der Waals surface area contributed by atoms with Gasteiger partial charge in [0.1, 0.15) is 12.4 Å². The van der Waals surface area contributed by atoms with Gasteiger partial charge in [-0.1, -0.05) is 141 Å². The van der Waals surface area contributed by atoms with Crippen molar-refractivity contribution in [3.05, 3.63) is 23.8 Å². The highest BCUT2D eigenvalue weighted by Crippen LogP contribution is 2.51. The van der Waals surface area contributed by atoms with Crippen LogP contribution in [0, 0.1) is 35.0 Å². The highest BCUT2D eigenvalue weighted by Gasteiger charge is 2.59. The van der Waals surface area contributed by atoms with Gasteiger partial charge in [-0.15, -0.1) is 0 Å². The van der Waals surface area contributed by atoms with Crippen LogP contribution in [-0.4, -0.2) is 110 Å². The molecule has 1 spiro atoms. The van der Waals surface area contributed by atoms with Crippen LogP contribution in [0.2, 0.25) is 36.3 Å². The molecule has 0 N–H and O–H groups in total. The predicted molar refractivity (Wildman–Crippen MR) is 310 cm³/mol. The normalized spacial score (nSPS) is 29.4. The molecule has 15 heteroatoms. The van der Waals surface area contributed by atoms with Crippen LogP contribution in [0.25, 0.3) is 0 Å². The maximum atomic E-state index is 14.8. The van der Waals surface area contributed by atoms with E-state index in [2.05, 4.69) is 95.4 Å². The standard InChI is InChI=1S/C62H110O13Si2/c1-19-20-21-22-23-28-54(64)72-57-48(39-55(65)67-13)38-50(74-62(57,68-14)60(11,12)32-25-33-63)40-52(43-70-76(15,16)58(5,6)7)71-56(66)41-51(75-77(17,18)59(8,9)10)37-47-27-24-26-46(35-47)36-49-31-34-69-61(73-49)42-45(4)29-30-53(61)44(2)3/h25,32-33,39,44-47,49-53,57H,19-24,26-31,34-38,40-43H2,1-18H3/b32-25+,48-39+/t45-,46+,47-,49+,50+,51+,52-,53+,57+,61?,62-/m1/s1. The average molecular weight is 1120 g/mol. The van der Waals surface area contributed by atoms with Crippen LogP contribution in [0.4, 0.5) is 0 Å². The summed E-state index contributed by atoms with van der Waals surface area (Å²) < 4.78 is 59.4. The molecule has 4 fully saturated rings. The Morgan fingerprint density at radius 2 is 1.48 bits per heavy atom. The molecule has 2 aliphatic carbocycles. The lowest BCUT2D eigenvalue weighted by Crippen LogP contribution is -2.63. The Bertz CT molecular complexity index is 1930. The lowest BCUT2D eigenvalue weighted by atomic mass is 9.72. The molecule has 2 saturated carbocycles. The van der Waals surface area contributed by atoms with E-state index in [1.807, 2.05) is 13.8 Å². The molecule has 2 saturated heterocycles. The summed E-state index contributed by atoms with van der Waals surface area (Å²) in [4.78, 5) is 53.6. The smallest absolute Gasteiger partial charge is 0.330 e. The van der Waals surface area contributed by atoms with Crippen LogP contribution < -0.4 is 0 Å². The second-order valence-electron chi connectivity index (χ2n) is 27.7. The Labute approximate surface area is 469 Å². The lowest BCUT2D eigenvalue weighted by Gasteiger charge is -2.53. The number of ether oxygens (including phenoxy) is 7. The lowest BCUT2D eigenvalue weighted by molar-refractivity contribution is -0.340. The second kappa shape index (κ2) is 29.1. The van der Waals surface area contributed by atoms with Gasteiger partial charge in [-0.25, -0.2) is 4.79 Å². The fourth-order valence-electron chi connectivity index (χ4n) is 12.2. The van der Waals surface area contributed by atoms with Crippen molar-refractivity contribution in [3.8, 4) is 0 Å². The van der Waals surface area contributed by atoms with Gasteiger partial charge in [-0.05, 0) is 117 Å². The van der Waals surface area contributed by atoms with Gasteiger partial charge in [0.15, 0.2) is 28.5 Å². The first-order valence-corrected chi connectivity index (χ1v) is 35.8. The van der Waals surface area contributed by atoms with Crippen LogP contribution in [0.3, 0.4) is 0 Å². The second-order valence-corrected chi connectivity index (χ2v) is 37.3. The Hall–Kier alpha value is -2.25. The number of methoxy groups -OCH3 is 2. The molecule has 13 nitrogen and oxygen atoms in total. The van der Waals surface area contributed by atoms with Gasteiger partial charge in [0.25, 0.3) is 0 Å². The molecule has 0 aromatic rings. The van der Waals surface area contributed by atoms with Crippen molar-refractivity contribution in [2.75, 3.05) is 27.4 Å². The van der Waals surface area contributed by atoms with Gasteiger partial charge >= 0.3 is 17.9 Å². The molecule has 0 radical (unpaired) electrons. The molecule has 0 amide bonds. The summed E-state index contributed by atoms with van der Waals surface area (Å²) in [6.45, 7) is 35.7. The molecule has 4 aliphatic rings. The quantitative estimate of drug-likeness (QED) is 0.0192. The fraction of sp³-hybridized carbons (Fsp3) is 0.871. The molecule has 77 heavy (non-hydrogen) atoms. The van der Waals surface area contributed by atoms with E-state index in [1.54, 1.807) is 6.08 Å². The minimum absolute atomic E-state index is 0.0816. The van der Waals surface area contributed by atoms with E-state index in [0.29, 0.717) is 47.9 Å². The van der Waals surface area contributed by atoms with Crippen LogP contribution >= 0.6 is 0 Å². The maximum absolute atomic E-state index is 14.8. The first-order chi connectivity index (χ1) is 35.9. The third-order valence-electron chi connectivity index (χ3n) is 18.6. The first-order valence-electron chi connectivity index (χ1n) is 30.0. The van der Waals surface area contributed by atoms with Crippen molar-refractivity contribution < 1.29 is 61.2 Å². The molecular formula is C62H110O13Si2. The molecule has 11 atom stereocenters. The number of carbonyl (C=O) groups excluding carboxylic acids is 4. The number of carbonyl (C=O) groups is 4. The molecule has 0 aromatic carbocycles. The molecule has 1 unspecified atom stereocenters. The third-order valence-corrected chi connectivity index (χ3v) is 27.7. The molecule has 4 rings (SSSR count). The summed E-state index contributed by atoms with van der Waals surface area (Å²) in [6.07, 6.45) is 18.0. The van der Waals surface area contributed by atoms with Gasteiger partial charge in [0.2, 0.25) is 5.79 Å². The molecule has 444 valence electrons. The minimum Gasteiger partial charge on any atom is -0.466 e. The molecule has 0 bridgehead atoms. The summed E-state index contributed by atoms with van der Waals surface area (Å²) >= 11 is 0. The topological polar surface area (TPSA) is 151 Å². The van der Waals surface area contributed by atoms with Crippen LogP contribution in [-0.2, 0) is 61.2 Å². The van der Waals surface area contributed by atoms with E-state index < -0.39 is 63.9 Å². The van der Waals surface area contributed by atoms with E-state index in [9.17, 15) is 19.2 Å². The summed E-state index contributed by atoms with van der Waals surface area (Å²) in [7, 11) is -1.96.